The third-order valence-corrected chi connectivity index (χ3v) is 20.9. The Balaban J connectivity index is 1.01. The first-order valence-corrected chi connectivity index (χ1v) is 27.9. The lowest BCUT2D eigenvalue weighted by atomic mass is 9.35. The molecule has 4 saturated heterocycles. The summed E-state index contributed by atoms with van der Waals surface area (Å²) in [6.45, 7) is 14.6. The molecular formula is C54H92O23. The SMILES string of the molecule is CC(C)=CCC[C@](C)(OC1OC(COC2OC(CO)C(O)C(O)C2O)C(O)C(O)C1O)[C@H]1CC[C@]2(C)[C@@H]1C(O)C[C@@H]1[C@@]3(C)CC[C@H](OC4OC(CO)C(O)C(O)C4OC4OC(CO)C(O)C(O)C4O)C(C)(C)[C@@H]3CC[C@]12C. The molecule has 15 N–H and O–H groups in total. The lowest BCUT2D eigenvalue weighted by molar-refractivity contribution is -0.378. The minimum Gasteiger partial charge on any atom is -0.394 e. The number of aliphatic hydroxyl groups excluding tert-OH is 15. The van der Waals surface area contributed by atoms with Crippen molar-refractivity contribution in [3.05, 3.63) is 11.6 Å². The molecule has 8 aliphatic rings. The Morgan fingerprint density at radius 2 is 1.05 bits per heavy atom. The van der Waals surface area contributed by atoms with Crippen LogP contribution in [0.4, 0.5) is 0 Å². The normalized spacial score (nSPS) is 52.7. The van der Waals surface area contributed by atoms with Crippen LogP contribution in [0.3, 0.4) is 0 Å². The van der Waals surface area contributed by atoms with E-state index in [2.05, 4.69) is 40.7 Å². The highest BCUT2D eigenvalue weighted by molar-refractivity contribution is 5.20. The summed E-state index contributed by atoms with van der Waals surface area (Å²) < 4.78 is 48.9. The Labute approximate surface area is 450 Å². The van der Waals surface area contributed by atoms with Gasteiger partial charge in [-0.1, -0.05) is 46.3 Å². The predicted octanol–water partition coefficient (Wildman–Crippen LogP) is -2.20. The number of hydrogen-bond acceptors (Lipinski definition) is 23. The Hall–Kier alpha value is -1.18. The van der Waals surface area contributed by atoms with Gasteiger partial charge in [0.15, 0.2) is 25.2 Å². The van der Waals surface area contributed by atoms with Gasteiger partial charge in [-0.2, -0.15) is 0 Å². The minimum absolute atomic E-state index is 0.0374. The first kappa shape index (κ1) is 61.9. The molecule has 0 spiro atoms. The van der Waals surface area contributed by atoms with Crippen LogP contribution in [-0.2, 0) is 37.9 Å². The Kier molecular flexibility index (Phi) is 18.9. The topological polar surface area (TPSA) is 377 Å². The van der Waals surface area contributed by atoms with E-state index < -0.39 is 178 Å². The van der Waals surface area contributed by atoms with Crippen LogP contribution in [0, 0.1) is 45.3 Å². The zero-order valence-electron chi connectivity index (χ0n) is 45.8. The molecule has 0 bridgehead atoms. The summed E-state index contributed by atoms with van der Waals surface area (Å²) in [5.41, 5.74) is -1.59. The van der Waals surface area contributed by atoms with E-state index in [0.717, 1.165) is 24.8 Å². The summed E-state index contributed by atoms with van der Waals surface area (Å²) in [5, 5.41) is 162. The summed E-state index contributed by atoms with van der Waals surface area (Å²) >= 11 is 0. The van der Waals surface area contributed by atoms with Crippen molar-refractivity contribution < 1.29 is 114 Å². The van der Waals surface area contributed by atoms with E-state index in [0.29, 0.717) is 38.5 Å². The van der Waals surface area contributed by atoms with Crippen LogP contribution in [0.1, 0.15) is 113 Å². The standard InChI is InChI=1S/C54H92O23/c1-23(2)10-9-14-54(8,77-48-44(69)40(65)37(62)29(74-48)22-70-46-42(67)38(63)34(59)26(19-55)71-46)24-11-16-53(7)33(24)25(58)18-31-51(5)15-13-32(50(3,4)30(51)12-17-52(31,53)6)75-49-45(41(66)36(61)28(21-57)73-49)76-47-43(68)39(64)35(60)27(20-56)72-47/h10,24-49,55-69H,9,11-22H2,1-8H3/t24-,25?,26?,27?,28?,29?,30-,31+,32-,33-,34?,35?,36?,37?,38?,39?,40?,41?,42?,43?,44?,45?,46?,47?,48?,49?,51-,52+,53+,54-/m0/s1. The lowest BCUT2D eigenvalue weighted by Crippen LogP contribution is -2.68. The highest BCUT2D eigenvalue weighted by atomic mass is 16.8. The molecule has 0 aromatic heterocycles. The van der Waals surface area contributed by atoms with E-state index in [9.17, 15) is 76.6 Å². The van der Waals surface area contributed by atoms with Crippen LogP contribution in [-0.4, -0.2) is 244 Å². The van der Waals surface area contributed by atoms with Gasteiger partial charge in [-0.3, -0.25) is 0 Å². The van der Waals surface area contributed by atoms with Gasteiger partial charge in [-0.05, 0) is 124 Å². The monoisotopic (exact) mass is 1110 g/mol. The minimum atomic E-state index is -1.82. The molecule has 4 aliphatic heterocycles. The molecule has 77 heavy (non-hydrogen) atoms. The third-order valence-electron chi connectivity index (χ3n) is 20.9. The molecule has 8 fully saturated rings. The van der Waals surface area contributed by atoms with Gasteiger partial charge < -0.3 is 114 Å². The maximum Gasteiger partial charge on any atom is 0.187 e. The number of aliphatic hydroxyl groups is 15. The van der Waals surface area contributed by atoms with E-state index >= 15 is 0 Å². The van der Waals surface area contributed by atoms with Gasteiger partial charge >= 0.3 is 0 Å². The van der Waals surface area contributed by atoms with Crippen molar-refractivity contribution in [1.29, 1.82) is 0 Å². The highest BCUT2D eigenvalue weighted by Gasteiger charge is 2.72. The summed E-state index contributed by atoms with van der Waals surface area (Å²) in [6, 6.07) is 0. The number of fused-ring (bicyclic) bond motifs is 5. The molecule has 0 radical (unpaired) electrons. The zero-order chi connectivity index (χ0) is 56.6. The average molecular weight is 1110 g/mol. The van der Waals surface area contributed by atoms with Crippen LogP contribution in [0.2, 0.25) is 0 Å². The van der Waals surface area contributed by atoms with Crippen molar-refractivity contribution >= 4 is 0 Å². The van der Waals surface area contributed by atoms with Crippen molar-refractivity contribution in [2.75, 3.05) is 26.4 Å². The first-order valence-electron chi connectivity index (χ1n) is 27.9. The van der Waals surface area contributed by atoms with Crippen LogP contribution in [0.15, 0.2) is 11.6 Å². The average Bonchev–Trinajstić information content (AvgIpc) is 3.96. The molecule has 0 aromatic rings. The second-order valence-corrected chi connectivity index (χ2v) is 25.7. The smallest absolute Gasteiger partial charge is 0.187 e. The quantitative estimate of drug-likeness (QED) is 0.0576. The fourth-order valence-corrected chi connectivity index (χ4v) is 16.3. The van der Waals surface area contributed by atoms with Gasteiger partial charge in [-0.15, -0.1) is 0 Å². The zero-order valence-corrected chi connectivity index (χ0v) is 45.8. The predicted molar refractivity (Wildman–Crippen MR) is 266 cm³/mol. The summed E-state index contributed by atoms with van der Waals surface area (Å²) in [6.07, 6.45) is -25.2. The Morgan fingerprint density at radius 1 is 0.545 bits per heavy atom. The number of rotatable bonds is 16. The molecule has 446 valence electrons. The molecule has 8 rings (SSSR count). The molecule has 30 atom stereocenters. The van der Waals surface area contributed by atoms with E-state index in [1.165, 1.54) is 0 Å². The van der Waals surface area contributed by atoms with Crippen molar-refractivity contribution in [3.8, 4) is 0 Å². The number of allylic oxidation sites excluding steroid dienone is 2. The van der Waals surface area contributed by atoms with Crippen LogP contribution in [0.5, 0.6) is 0 Å². The van der Waals surface area contributed by atoms with E-state index in [1.807, 2.05) is 20.8 Å². The molecule has 21 unspecified atom stereocenters. The van der Waals surface area contributed by atoms with Gasteiger partial charge in [-0.25, -0.2) is 0 Å². The van der Waals surface area contributed by atoms with E-state index in [-0.39, 0.29) is 34.5 Å². The third kappa shape index (κ3) is 10.9. The lowest BCUT2D eigenvalue weighted by Gasteiger charge is -2.71. The van der Waals surface area contributed by atoms with Gasteiger partial charge in [0.25, 0.3) is 0 Å². The van der Waals surface area contributed by atoms with E-state index in [1.54, 1.807) is 0 Å². The summed E-state index contributed by atoms with van der Waals surface area (Å²) in [7, 11) is 0. The van der Waals surface area contributed by atoms with Crippen molar-refractivity contribution in [3.63, 3.8) is 0 Å². The fourth-order valence-electron chi connectivity index (χ4n) is 16.3. The van der Waals surface area contributed by atoms with Crippen molar-refractivity contribution in [2.45, 2.75) is 254 Å². The second-order valence-electron chi connectivity index (χ2n) is 25.7. The summed E-state index contributed by atoms with van der Waals surface area (Å²) in [4.78, 5) is 0. The molecule has 23 nitrogen and oxygen atoms in total. The van der Waals surface area contributed by atoms with Gasteiger partial charge in [0.2, 0.25) is 0 Å². The molecular weight excluding hydrogens is 1020 g/mol. The molecule has 4 aliphatic carbocycles. The highest BCUT2D eigenvalue weighted by Crippen LogP contribution is 2.76. The van der Waals surface area contributed by atoms with Crippen LogP contribution < -0.4 is 0 Å². The van der Waals surface area contributed by atoms with Crippen LogP contribution in [0.25, 0.3) is 0 Å². The Bertz CT molecular complexity index is 1990. The van der Waals surface area contributed by atoms with Gasteiger partial charge in [0, 0.05) is 0 Å². The molecule has 4 saturated carbocycles. The molecule has 23 heteroatoms. The van der Waals surface area contributed by atoms with Crippen LogP contribution >= 0.6 is 0 Å². The second kappa shape index (κ2) is 23.5. The number of ether oxygens (including phenoxy) is 8. The summed E-state index contributed by atoms with van der Waals surface area (Å²) in [5.74, 6) is -0.475. The fraction of sp³-hybridized carbons (Fsp3) is 0.963. The molecule has 0 amide bonds. The van der Waals surface area contributed by atoms with E-state index in [4.69, 9.17) is 37.9 Å². The van der Waals surface area contributed by atoms with Crippen molar-refractivity contribution in [1.82, 2.24) is 0 Å². The van der Waals surface area contributed by atoms with Crippen molar-refractivity contribution in [2.24, 2.45) is 45.3 Å². The number of hydrogen-bond donors (Lipinski definition) is 15. The maximum absolute atomic E-state index is 12.8. The van der Waals surface area contributed by atoms with Gasteiger partial charge in [0.05, 0.1) is 44.2 Å². The first-order chi connectivity index (χ1) is 36.0. The molecule has 4 heterocycles. The molecule has 0 aromatic carbocycles. The Morgan fingerprint density at radius 3 is 1.64 bits per heavy atom. The van der Waals surface area contributed by atoms with Gasteiger partial charge in [0.1, 0.15) is 97.7 Å². The maximum atomic E-state index is 12.8. The largest absolute Gasteiger partial charge is 0.394 e.